The second-order valence-corrected chi connectivity index (χ2v) is 21.4. The minimum atomic E-state index is -6.69. The number of halogens is 24. The minimum Gasteiger partial charge on any atom is -0.428 e. The highest BCUT2D eigenvalue weighted by atomic mass is 19.4. The van der Waals surface area contributed by atoms with Crippen molar-refractivity contribution < 1.29 is 150 Å². The fourth-order valence-electron chi connectivity index (χ4n) is 9.53. The largest absolute Gasteiger partial charge is 0.461 e. The third-order valence-corrected chi connectivity index (χ3v) is 14.5. The van der Waals surface area contributed by atoms with Gasteiger partial charge in [0.2, 0.25) is 0 Å². The van der Waals surface area contributed by atoms with Crippen LogP contribution in [0.5, 0.6) is 11.5 Å². The lowest BCUT2D eigenvalue weighted by Gasteiger charge is -2.41. The first-order valence-electron chi connectivity index (χ1n) is 28.1. The average molecular weight is 1440 g/mol. The summed E-state index contributed by atoms with van der Waals surface area (Å²) in [5, 5.41) is 43.4. The number of carbonyl (C=O) groups is 1. The molecule has 8 rings (SSSR count). The summed E-state index contributed by atoms with van der Waals surface area (Å²) in [4.78, 5) is 13.1. The number of aliphatic hydroxyl groups excluding tert-OH is 2. The lowest BCUT2D eigenvalue weighted by Crippen LogP contribution is -2.69. The highest BCUT2D eigenvalue weighted by Gasteiger charge is 2.76. The van der Waals surface area contributed by atoms with Crippen LogP contribution in [-0.2, 0) is 38.2 Å². The standard InChI is InChI=1S/C27H19F12NO4.C27H21F12NO3.2C4H8O.B/c28-17-8-6-15(7-9-17)23(13-14-4-2-1-3-5-14,16-10-18(29)12-19(11-16)44-25(32,33)22(30)31)40-21(42)20(41)24(43,26(34,35)36)27(37,38)39;28-18-8-6-16(7-9-18)23(13-15-4-2-1-3-5-15,40-14-21(41)24(42,26(34,35)36)27(37,38)39)17-10-19(29)12-20(11-17)43-25(32,33)22(30)31;2*1-2-4-5-3-1;/h1-12,20,22,41,43H,13H2,(H,40,42);1-12,21-22,40-42H,13-14H2;2*1-4H2;/t20?,23-;21?,23-;;;/m11.../s1. The molecular formula is C62H56BF24N2O9. The molecule has 0 aromatic heterocycles. The normalized spacial score (nSPS) is 15.9. The number of nitrogens with one attached hydrogen (secondary N) is 2. The Bertz CT molecular complexity index is 3380. The highest BCUT2D eigenvalue weighted by molar-refractivity contribution is 5.84. The molecule has 2 aliphatic rings. The van der Waals surface area contributed by atoms with E-state index in [0.717, 1.165) is 62.8 Å². The van der Waals surface area contributed by atoms with Gasteiger partial charge < -0.3 is 50.0 Å². The van der Waals surface area contributed by atoms with E-state index in [-0.39, 0.29) is 37.2 Å². The van der Waals surface area contributed by atoms with Gasteiger partial charge in [-0.05, 0) is 114 Å². The molecule has 0 spiro atoms. The van der Waals surface area contributed by atoms with Crippen LogP contribution in [-0.4, -0.2) is 141 Å². The zero-order chi connectivity index (χ0) is 72.8. The Balaban J connectivity index is 0.000000359. The van der Waals surface area contributed by atoms with Crippen molar-refractivity contribution in [3.05, 3.63) is 202 Å². The summed E-state index contributed by atoms with van der Waals surface area (Å²) < 4.78 is 342. The summed E-state index contributed by atoms with van der Waals surface area (Å²) in [5.74, 6) is -9.89. The first-order chi connectivity index (χ1) is 44.9. The zero-order valence-corrected chi connectivity index (χ0v) is 49.9. The number of carbonyl (C=O) groups excluding carboxylic acids is 1. The SMILES string of the molecule is C1CCOC1.C1CCOC1.O=C(N[C@](Cc1ccccc1)(c1ccc(F)cc1)c1cc(F)cc(OC(F)(F)C(F)F)c1)C(O)C(O)(C(F)(F)F)C(F)(F)F.OC(CN[C@](Cc1ccccc1)(c1ccc(F)cc1)c1cc(F)cc(OC(F)(F)C(F)F)c1)C(O)(C(F)(F)F)C(F)(F)F.[B]. The average Bonchev–Trinajstić information content (AvgIpc) is 0.808. The van der Waals surface area contributed by atoms with Crippen molar-refractivity contribution in [3.63, 3.8) is 0 Å². The Hall–Kier alpha value is -7.51. The van der Waals surface area contributed by atoms with Gasteiger partial charge in [-0.25, -0.2) is 17.6 Å². The van der Waals surface area contributed by atoms with Crippen LogP contribution in [0.25, 0.3) is 0 Å². The van der Waals surface area contributed by atoms with Crippen molar-refractivity contribution in [2.45, 2.75) is 123 Å². The van der Waals surface area contributed by atoms with Crippen LogP contribution in [0.4, 0.5) is 105 Å². The lowest BCUT2D eigenvalue weighted by molar-refractivity contribution is -0.390. The van der Waals surface area contributed by atoms with Gasteiger partial charge in [0.25, 0.3) is 17.1 Å². The molecule has 539 valence electrons. The quantitative estimate of drug-likeness (QED) is 0.0303. The van der Waals surface area contributed by atoms with Crippen LogP contribution in [0.3, 0.4) is 0 Å². The van der Waals surface area contributed by atoms with E-state index in [9.17, 15) is 131 Å². The molecule has 4 atom stereocenters. The monoisotopic (exact) mass is 1440 g/mol. The second-order valence-electron chi connectivity index (χ2n) is 21.4. The number of ether oxygens (including phenoxy) is 4. The number of hydrogen-bond acceptors (Lipinski definition) is 10. The van der Waals surface area contributed by atoms with Crippen LogP contribution < -0.4 is 20.1 Å². The van der Waals surface area contributed by atoms with E-state index < -0.39 is 161 Å². The maximum Gasteiger partial charge on any atom is 0.461 e. The van der Waals surface area contributed by atoms with E-state index in [0.29, 0.717) is 36.4 Å². The van der Waals surface area contributed by atoms with E-state index in [1.807, 2.05) is 0 Å². The number of aliphatic hydroxyl groups is 4. The summed E-state index contributed by atoms with van der Waals surface area (Å²) in [7, 11) is 0. The summed E-state index contributed by atoms with van der Waals surface area (Å²) in [6, 6.07) is 23.0. The molecule has 36 heteroatoms. The molecule has 3 radical (unpaired) electrons. The van der Waals surface area contributed by atoms with Crippen molar-refractivity contribution in [3.8, 4) is 11.5 Å². The minimum absolute atomic E-state index is 0. The topological polar surface area (TPSA) is 159 Å². The first-order valence-corrected chi connectivity index (χ1v) is 28.1. The summed E-state index contributed by atoms with van der Waals surface area (Å²) >= 11 is 0. The molecule has 1 amide bonds. The van der Waals surface area contributed by atoms with E-state index in [4.69, 9.17) is 9.47 Å². The molecular weight excluding hydrogens is 1380 g/mol. The number of benzene rings is 6. The Labute approximate surface area is 542 Å². The van der Waals surface area contributed by atoms with Gasteiger partial charge >= 0.3 is 49.8 Å². The number of hydrogen-bond donors (Lipinski definition) is 6. The van der Waals surface area contributed by atoms with Gasteiger partial charge in [0.15, 0.2) is 6.10 Å². The van der Waals surface area contributed by atoms with Crippen molar-refractivity contribution in [1.29, 1.82) is 0 Å². The van der Waals surface area contributed by atoms with Crippen molar-refractivity contribution >= 4 is 14.3 Å². The summed E-state index contributed by atoms with van der Waals surface area (Å²) in [6.07, 6.45) is -49.7. The van der Waals surface area contributed by atoms with Crippen LogP contribution in [0.1, 0.15) is 59.1 Å². The molecule has 11 nitrogen and oxygen atoms in total. The molecule has 2 aliphatic heterocycles. The second kappa shape index (κ2) is 33.6. The molecule has 2 saturated heterocycles. The summed E-state index contributed by atoms with van der Waals surface area (Å²) in [5.41, 5.74) is -18.4. The summed E-state index contributed by atoms with van der Waals surface area (Å²) in [6.45, 7) is 2.26. The lowest BCUT2D eigenvalue weighted by atomic mass is 9.77. The first kappa shape index (κ1) is 82.9. The number of alkyl halides is 20. The maximum atomic E-state index is 14.8. The fourth-order valence-corrected chi connectivity index (χ4v) is 9.53. The predicted octanol–water partition coefficient (Wildman–Crippen LogP) is 13.7. The molecule has 2 heterocycles. The highest BCUT2D eigenvalue weighted by Crippen LogP contribution is 2.48. The third-order valence-electron chi connectivity index (χ3n) is 14.5. The molecule has 2 unspecified atom stereocenters. The van der Waals surface area contributed by atoms with E-state index in [1.54, 1.807) is 5.32 Å². The van der Waals surface area contributed by atoms with Crippen molar-refractivity contribution in [2.24, 2.45) is 0 Å². The molecule has 2 fully saturated rings. The van der Waals surface area contributed by atoms with Gasteiger partial charge in [-0.15, -0.1) is 0 Å². The van der Waals surface area contributed by atoms with Gasteiger partial charge in [-0.1, -0.05) is 84.9 Å². The van der Waals surface area contributed by atoms with Gasteiger partial charge in [0.1, 0.15) is 40.9 Å². The Morgan fingerprint density at radius 1 is 0.439 bits per heavy atom. The Morgan fingerprint density at radius 3 is 1.08 bits per heavy atom. The van der Waals surface area contributed by atoms with Crippen LogP contribution in [0.15, 0.2) is 146 Å². The van der Waals surface area contributed by atoms with Crippen LogP contribution >= 0.6 is 0 Å². The Morgan fingerprint density at radius 2 is 0.765 bits per heavy atom. The fraction of sp³-hybridized carbons (Fsp3) is 0.403. The van der Waals surface area contributed by atoms with Gasteiger partial charge in [-0.3, -0.25) is 4.79 Å². The molecule has 0 bridgehead atoms. The van der Waals surface area contributed by atoms with Crippen molar-refractivity contribution in [1.82, 2.24) is 10.6 Å². The van der Waals surface area contributed by atoms with Crippen molar-refractivity contribution in [2.75, 3.05) is 33.0 Å². The third kappa shape index (κ3) is 20.6. The van der Waals surface area contributed by atoms with Crippen LogP contribution in [0, 0.1) is 23.3 Å². The van der Waals surface area contributed by atoms with Crippen LogP contribution in [0.2, 0.25) is 0 Å². The molecule has 98 heavy (non-hydrogen) atoms. The Kier molecular flexibility index (Phi) is 28.4. The molecule has 6 N–H and O–H groups in total. The zero-order valence-electron chi connectivity index (χ0n) is 49.9. The molecule has 6 aromatic carbocycles. The number of amides is 1. The van der Waals surface area contributed by atoms with Gasteiger partial charge in [0.05, 0.1) is 11.1 Å². The maximum absolute atomic E-state index is 14.8. The van der Waals surface area contributed by atoms with E-state index in [1.165, 1.54) is 86.3 Å². The van der Waals surface area contributed by atoms with E-state index >= 15 is 0 Å². The molecule has 6 aromatic rings. The smallest absolute Gasteiger partial charge is 0.428 e. The van der Waals surface area contributed by atoms with E-state index in [2.05, 4.69) is 14.8 Å². The molecule has 0 aliphatic carbocycles. The predicted molar refractivity (Wildman–Crippen MR) is 299 cm³/mol. The van der Waals surface area contributed by atoms with Gasteiger partial charge in [0, 0.05) is 59.9 Å². The van der Waals surface area contributed by atoms with Gasteiger partial charge in [-0.2, -0.15) is 87.8 Å². The number of rotatable bonds is 21. The molecule has 0 saturated carbocycles.